The zero-order valence-corrected chi connectivity index (χ0v) is 12.2. The predicted molar refractivity (Wildman–Crippen MR) is 74.5 cm³/mol. The minimum Gasteiger partial charge on any atom is -0.462 e. The summed E-state index contributed by atoms with van der Waals surface area (Å²) in [5.74, 6) is -0.446. The van der Waals surface area contributed by atoms with Crippen LogP contribution in [0.2, 0.25) is 0 Å². The van der Waals surface area contributed by atoms with Gasteiger partial charge in [-0.1, -0.05) is 41.1 Å². The molecule has 0 aliphatic rings. The highest BCUT2D eigenvalue weighted by Gasteiger charge is 2.20. The number of halogens is 1. The number of ketones is 1. The molecule has 1 rings (SSSR count). The van der Waals surface area contributed by atoms with Crippen molar-refractivity contribution in [3.05, 3.63) is 34.9 Å². The first kappa shape index (κ1) is 14.9. The van der Waals surface area contributed by atoms with Gasteiger partial charge in [-0.25, -0.2) is 4.79 Å². The lowest BCUT2D eigenvalue weighted by Gasteiger charge is -2.11. The van der Waals surface area contributed by atoms with Gasteiger partial charge in [-0.3, -0.25) is 4.79 Å². The van der Waals surface area contributed by atoms with E-state index in [2.05, 4.69) is 15.9 Å². The lowest BCUT2D eigenvalue weighted by molar-refractivity contribution is 0.0522. The van der Waals surface area contributed by atoms with Crippen LogP contribution in [0.4, 0.5) is 0 Å². The van der Waals surface area contributed by atoms with E-state index >= 15 is 0 Å². The molecule has 0 heterocycles. The molecule has 18 heavy (non-hydrogen) atoms. The summed E-state index contributed by atoms with van der Waals surface area (Å²) in [5.41, 5.74) is 1.74. The molecule has 0 aliphatic carbocycles. The Labute approximate surface area is 116 Å². The second-order valence-corrected chi connectivity index (χ2v) is 4.57. The zero-order valence-electron chi connectivity index (χ0n) is 10.7. The third-order valence-electron chi connectivity index (χ3n) is 2.63. The predicted octanol–water partition coefficient (Wildman–Crippen LogP) is 3.39. The van der Waals surface area contributed by atoms with Crippen molar-refractivity contribution >= 4 is 27.7 Å². The van der Waals surface area contributed by atoms with Crippen LogP contribution in [0.15, 0.2) is 18.2 Å². The van der Waals surface area contributed by atoms with Gasteiger partial charge < -0.3 is 4.74 Å². The summed E-state index contributed by atoms with van der Waals surface area (Å²) in [6, 6.07) is 5.36. The van der Waals surface area contributed by atoms with Crippen LogP contribution in [0.25, 0.3) is 0 Å². The fourth-order valence-corrected chi connectivity index (χ4v) is 2.15. The first-order valence-electron chi connectivity index (χ1n) is 6.03. The fraction of sp³-hybridized carbons (Fsp3) is 0.429. The SMILES string of the molecule is CCOC(=O)c1c(CC)cccc1C(=O)CCBr. The van der Waals surface area contributed by atoms with Crippen LogP contribution in [0.5, 0.6) is 0 Å². The molecular formula is C14H17BrO3. The van der Waals surface area contributed by atoms with Crippen LogP contribution in [-0.4, -0.2) is 23.7 Å². The average molecular weight is 313 g/mol. The number of hydrogen-bond donors (Lipinski definition) is 0. The Balaban J connectivity index is 3.24. The van der Waals surface area contributed by atoms with E-state index < -0.39 is 5.97 Å². The quantitative estimate of drug-likeness (QED) is 0.459. The smallest absolute Gasteiger partial charge is 0.339 e. The summed E-state index contributed by atoms with van der Waals surface area (Å²) < 4.78 is 5.04. The number of ether oxygens (including phenoxy) is 1. The highest BCUT2D eigenvalue weighted by Crippen LogP contribution is 2.19. The van der Waals surface area contributed by atoms with Gasteiger partial charge in [0.2, 0.25) is 0 Å². The van der Waals surface area contributed by atoms with Gasteiger partial charge in [-0.05, 0) is 18.9 Å². The third-order valence-corrected chi connectivity index (χ3v) is 3.03. The largest absolute Gasteiger partial charge is 0.462 e. The highest BCUT2D eigenvalue weighted by atomic mass is 79.9. The van der Waals surface area contributed by atoms with E-state index in [0.717, 1.165) is 5.56 Å². The van der Waals surface area contributed by atoms with E-state index in [4.69, 9.17) is 4.74 Å². The number of benzene rings is 1. The molecule has 0 atom stereocenters. The van der Waals surface area contributed by atoms with Crippen molar-refractivity contribution in [3.63, 3.8) is 0 Å². The topological polar surface area (TPSA) is 43.4 Å². The van der Waals surface area contributed by atoms with E-state index in [-0.39, 0.29) is 5.78 Å². The van der Waals surface area contributed by atoms with Gasteiger partial charge in [0.15, 0.2) is 5.78 Å². The molecule has 0 radical (unpaired) electrons. The van der Waals surface area contributed by atoms with Crippen LogP contribution in [-0.2, 0) is 11.2 Å². The molecule has 4 heteroatoms. The van der Waals surface area contributed by atoms with E-state index in [1.54, 1.807) is 13.0 Å². The van der Waals surface area contributed by atoms with Crippen LogP contribution in [0.1, 0.15) is 46.5 Å². The number of aryl methyl sites for hydroxylation is 1. The minimum atomic E-state index is -0.409. The molecular weight excluding hydrogens is 296 g/mol. The molecule has 0 amide bonds. The van der Waals surface area contributed by atoms with Crippen molar-refractivity contribution in [2.45, 2.75) is 26.7 Å². The fourth-order valence-electron chi connectivity index (χ4n) is 1.79. The summed E-state index contributed by atoms with van der Waals surface area (Å²) in [7, 11) is 0. The van der Waals surface area contributed by atoms with Crippen LogP contribution in [0.3, 0.4) is 0 Å². The van der Waals surface area contributed by atoms with Gasteiger partial charge >= 0.3 is 5.97 Å². The molecule has 0 aromatic heterocycles. The van der Waals surface area contributed by atoms with E-state index in [1.165, 1.54) is 0 Å². The van der Waals surface area contributed by atoms with Gasteiger partial charge in [-0.15, -0.1) is 0 Å². The molecule has 98 valence electrons. The van der Waals surface area contributed by atoms with E-state index in [0.29, 0.717) is 35.9 Å². The van der Waals surface area contributed by atoms with Crippen molar-refractivity contribution in [1.29, 1.82) is 0 Å². The number of carbonyl (C=O) groups excluding carboxylic acids is 2. The molecule has 3 nitrogen and oxygen atoms in total. The van der Waals surface area contributed by atoms with E-state index in [9.17, 15) is 9.59 Å². The molecule has 0 fully saturated rings. The Morgan fingerprint density at radius 2 is 2.00 bits per heavy atom. The Kier molecular flexibility index (Phi) is 6.05. The Hall–Kier alpha value is -1.16. The third kappa shape index (κ3) is 3.42. The van der Waals surface area contributed by atoms with Crippen molar-refractivity contribution in [1.82, 2.24) is 0 Å². The first-order chi connectivity index (χ1) is 8.65. The second kappa shape index (κ2) is 7.31. The number of esters is 1. The van der Waals surface area contributed by atoms with Gasteiger partial charge in [0.05, 0.1) is 12.2 Å². The molecule has 1 aromatic carbocycles. The summed E-state index contributed by atoms with van der Waals surface area (Å²) >= 11 is 3.24. The number of alkyl halides is 1. The Bertz CT molecular complexity index is 441. The average Bonchev–Trinajstić information content (AvgIpc) is 2.38. The molecule has 0 unspecified atom stereocenters. The molecule has 0 aliphatic heterocycles. The zero-order chi connectivity index (χ0) is 13.5. The number of rotatable bonds is 6. The van der Waals surface area contributed by atoms with Crippen molar-refractivity contribution in [2.24, 2.45) is 0 Å². The summed E-state index contributed by atoms with van der Waals surface area (Å²) in [4.78, 5) is 24.0. The lowest BCUT2D eigenvalue weighted by Crippen LogP contribution is -2.15. The van der Waals surface area contributed by atoms with Crippen molar-refractivity contribution in [2.75, 3.05) is 11.9 Å². The van der Waals surface area contributed by atoms with Gasteiger partial charge in [-0.2, -0.15) is 0 Å². The minimum absolute atomic E-state index is 0.0368. The van der Waals surface area contributed by atoms with Crippen molar-refractivity contribution < 1.29 is 14.3 Å². The summed E-state index contributed by atoms with van der Waals surface area (Å²) in [5, 5.41) is 0.588. The molecule has 0 bridgehead atoms. The molecule has 0 spiro atoms. The molecule has 1 aromatic rings. The first-order valence-corrected chi connectivity index (χ1v) is 7.16. The van der Waals surface area contributed by atoms with E-state index in [1.807, 2.05) is 19.1 Å². The molecule has 0 saturated carbocycles. The number of carbonyl (C=O) groups is 2. The van der Waals surface area contributed by atoms with Crippen LogP contribution < -0.4 is 0 Å². The Morgan fingerprint density at radius 1 is 1.28 bits per heavy atom. The number of Topliss-reactive ketones (excluding diaryl/α,β-unsaturated/α-hetero) is 1. The van der Waals surface area contributed by atoms with Crippen LogP contribution >= 0.6 is 15.9 Å². The highest BCUT2D eigenvalue weighted by molar-refractivity contribution is 9.09. The van der Waals surface area contributed by atoms with Gasteiger partial charge in [0.25, 0.3) is 0 Å². The normalized spacial score (nSPS) is 10.2. The Morgan fingerprint density at radius 3 is 2.56 bits per heavy atom. The van der Waals surface area contributed by atoms with Crippen molar-refractivity contribution in [3.8, 4) is 0 Å². The second-order valence-electron chi connectivity index (χ2n) is 3.78. The summed E-state index contributed by atoms with van der Waals surface area (Å²) in [6.45, 7) is 4.02. The maximum Gasteiger partial charge on any atom is 0.339 e. The monoisotopic (exact) mass is 312 g/mol. The standard InChI is InChI=1S/C14H17BrO3/c1-3-10-6-5-7-11(12(16)8-9-15)13(10)14(17)18-4-2/h5-7H,3-4,8-9H2,1-2H3. The molecule has 0 N–H and O–H groups in total. The maximum absolute atomic E-state index is 12.0. The lowest BCUT2D eigenvalue weighted by atomic mass is 9.95. The number of hydrogen-bond acceptors (Lipinski definition) is 3. The molecule has 0 saturated heterocycles. The van der Waals surface area contributed by atoms with Gasteiger partial charge in [0.1, 0.15) is 0 Å². The van der Waals surface area contributed by atoms with Crippen LogP contribution in [0, 0.1) is 0 Å². The maximum atomic E-state index is 12.0. The summed E-state index contributed by atoms with van der Waals surface area (Å²) in [6.07, 6.45) is 1.07. The van der Waals surface area contributed by atoms with Gasteiger partial charge in [0, 0.05) is 17.3 Å².